The van der Waals surface area contributed by atoms with Crippen molar-refractivity contribution in [2.75, 3.05) is 18.6 Å². The molecule has 0 aromatic heterocycles. The average molecular weight is 333 g/mol. The zero-order valence-electron chi connectivity index (χ0n) is 12.7. The number of hydrogen-bond acceptors (Lipinski definition) is 4. The van der Waals surface area contributed by atoms with Gasteiger partial charge in [-0.15, -0.1) is 0 Å². The molecule has 2 rings (SSSR count). The maximum Gasteiger partial charge on any atom is 0.148 e. The third kappa shape index (κ3) is 4.72. The molecule has 7 heteroatoms. The molecule has 1 saturated carbocycles. The van der Waals surface area contributed by atoms with E-state index in [1.54, 1.807) is 6.92 Å². The van der Waals surface area contributed by atoms with Gasteiger partial charge in [0.25, 0.3) is 0 Å². The topological polar surface area (TPSA) is 57.6 Å². The van der Waals surface area contributed by atoms with Crippen molar-refractivity contribution in [3.8, 4) is 0 Å². The largest absolute Gasteiger partial charge is 0.387 e. The van der Waals surface area contributed by atoms with Crippen LogP contribution in [0, 0.1) is 11.6 Å². The molecular formula is C15H21F2NO3S. The van der Waals surface area contributed by atoms with Gasteiger partial charge in [0.05, 0.1) is 11.9 Å². The van der Waals surface area contributed by atoms with Crippen LogP contribution in [0.1, 0.15) is 31.4 Å². The quantitative estimate of drug-likeness (QED) is 0.828. The molecule has 1 aliphatic carbocycles. The Balaban J connectivity index is 2.10. The number of halogens is 2. The predicted octanol–water partition coefficient (Wildman–Crippen LogP) is 1.90. The first-order valence-electron chi connectivity index (χ1n) is 7.24. The molecule has 0 bridgehead atoms. The van der Waals surface area contributed by atoms with Crippen LogP contribution >= 0.6 is 0 Å². The molecule has 1 aromatic carbocycles. The van der Waals surface area contributed by atoms with E-state index in [9.17, 15) is 22.3 Å². The summed E-state index contributed by atoms with van der Waals surface area (Å²) in [5.41, 5.74) is 0.0265. The lowest BCUT2D eigenvalue weighted by atomic mass is 10.1. The summed E-state index contributed by atoms with van der Waals surface area (Å²) in [6, 6.07) is 3.01. The Kier molecular flexibility index (Phi) is 5.19. The Bertz CT molecular complexity index is 632. The fourth-order valence-corrected chi connectivity index (χ4v) is 3.77. The zero-order valence-corrected chi connectivity index (χ0v) is 13.5. The first kappa shape index (κ1) is 17.3. The predicted molar refractivity (Wildman–Crippen MR) is 80.2 cm³/mol. The van der Waals surface area contributed by atoms with E-state index in [2.05, 4.69) is 0 Å². The average Bonchev–Trinajstić information content (AvgIpc) is 3.17. The first-order valence-corrected chi connectivity index (χ1v) is 9.30. The summed E-state index contributed by atoms with van der Waals surface area (Å²) in [6.45, 7) is 1.91. The van der Waals surface area contributed by atoms with E-state index in [0.29, 0.717) is 0 Å². The standard InChI is InChI=1S/C15H21F2NO3S/c1-10(9-22(2,20)21)18(12-4-5-12)8-15(19)13-6-3-11(16)7-14(13)17/h3,6-7,10,12,15,19H,4-5,8-9H2,1-2H3. The van der Waals surface area contributed by atoms with Crippen molar-refractivity contribution in [3.63, 3.8) is 0 Å². The summed E-state index contributed by atoms with van der Waals surface area (Å²) in [4.78, 5) is 1.90. The van der Waals surface area contributed by atoms with Crippen LogP contribution in [0.2, 0.25) is 0 Å². The van der Waals surface area contributed by atoms with Crippen molar-refractivity contribution in [2.24, 2.45) is 0 Å². The summed E-state index contributed by atoms with van der Waals surface area (Å²) < 4.78 is 49.5. The van der Waals surface area contributed by atoms with Crippen molar-refractivity contribution in [1.82, 2.24) is 4.90 Å². The summed E-state index contributed by atoms with van der Waals surface area (Å²) >= 11 is 0. The lowest BCUT2D eigenvalue weighted by Crippen LogP contribution is -2.42. The van der Waals surface area contributed by atoms with Crippen molar-refractivity contribution in [2.45, 2.75) is 38.0 Å². The fourth-order valence-electron chi connectivity index (χ4n) is 2.70. The van der Waals surface area contributed by atoms with Crippen molar-refractivity contribution in [3.05, 3.63) is 35.4 Å². The van der Waals surface area contributed by atoms with Gasteiger partial charge in [-0.3, -0.25) is 4.90 Å². The Morgan fingerprint density at radius 1 is 1.36 bits per heavy atom. The molecule has 124 valence electrons. The van der Waals surface area contributed by atoms with Gasteiger partial charge in [0.2, 0.25) is 0 Å². The van der Waals surface area contributed by atoms with Crippen LogP contribution in [0.5, 0.6) is 0 Å². The van der Waals surface area contributed by atoms with Crippen molar-refractivity contribution < 1.29 is 22.3 Å². The maximum absolute atomic E-state index is 13.7. The van der Waals surface area contributed by atoms with Crippen LogP contribution in [0.15, 0.2) is 18.2 Å². The number of nitrogens with zero attached hydrogens (tertiary/aromatic N) is 1. The molecule has 2 unspecified atom stereocenters. The number of aliphatic hydroxyl groups is 1. The zero-order chi connectivity index (χ0) is 16.5. The minimum atomic E-state index is -3.14. The lowest BCUT2D eigenvalue weighted by Gasteiger charge is -2.30. The smallest absolute Gasteiger partial charge is 0.148 e. The highest BCUT2D eigenvalue weighted by Gasteiger charge is 2.35. The van der Waals surface area contributed by atoms with Gasteiger partial charge in [-0.25, -0.2) is 17.2 Å². The molecule has 22 heavy (non-hydrogen) atoms. The second kappa shape index (κ2) is 6.60. The van der Waals surface area contributed by atoms with E-state index < -0.39 is 27.6 Å². The minimum absolute atomic E-state index is 0.0118. The monoisotopic (exact) mass is 333 g/mol. The third-order valence-corrected chi connectivity index (χ3v) is 4.92. The number of benzene rings is 1. The van der Waals surface area contributed by atoms with Crippen LogP contribution in [0.4, 0.5) is 8.78 Å². The highest BCUT2D eigenvalue weighted by atomic mass is 32.2. The number of rotatable bonds is 7. The molecule has 4 nitrogen and oxygen atoms in total. The SMILES string of the molecule is CC(CS(C)(=O)=O)N(CC(O)c1ccc(F)cc1F)C1CC1. The Labute approximate surface area is 129 Å². The Hall–Kier alpha value is -1.05. The fraction of sp³-hybridized carbons (Fsp3) is 0.600. The molecule has 0 heterocycles. The van der Waals surface area contributed by atoms with Gasteiger partial charge in [0.15, 0.2) is 0 Å². The van der Waals surface area contributed by atoms with Crippen LogP contribution < -0.4 is 0 Å². The van der Waals surface area contributed by atoms with Crippen LogP contribution in [0.3, 0.4) is 0 Å². The van der Waals surface area contributed by atoms with E-state index in [0.717, 1.165) is 25.0 Å². The second-order valence-corrected chi connectivity index (χ2v) is 8.24. The number of sulfone groups is 1. The summed E-state index contributed by atoms with van der Waals surface area (Å²) in [5, 5.41) is 10.2. The molecule has 1 N–H and O–H groups in total. The highest BCUT2D eigenvalue weighted by Crippen LogP contribution is 2.31. The molecule has 0 aliphatic heterocycles. The van der Waals surface area contributed by atoms with Gasteiger partial charge >= 0.3 is 0 Å². The normalized spacial score (nSPS) is 18.5. The van der Waals surface area contributed by atoms with Crippen molar-refractivity contribution >= 4 is 9.84 Å². The van der Waals surface area contributed by atoms with Crippen LogP contribution in [0.25, 0.3) is 0 Å². The first-order chi connectivity index (χ1) is 10.2. The number of aliphatic hydroxyl groups excluding tert-OH is 1. The lowest BCUT2D eigenvalue weighted by molar-refractivity contribution is 0.0885. The van der Waals surface area contributed by atoms with Gasteiger partial charge in [-0.2, -0.15) is 0 Å². The van der Waals surface area contributed by atoms with Crippen LogP contribution in [-0.4, -0.2) is 49.1 Å². The van der Waals surface area contributed by atoms with Gasteiger partial charge in [0, 0.05) is 36.5 Å². The molecule has 1 fully saturated rings. The van der Waals surface area contributed by atoms with Gasteiger partial charge in [-0.05, 0) is 25.8 Å². The second-order valence-electron chi connectivity index (χ2n) is 6.05. The van der Waals surface area contributed by atoms with E-state index >= 15 is 0 Å². The maximum atomic E-state index is 13.7. The van der Waals surface area contributed by atoms with E-state index in [1.165, 1.54) is 12.3 Å². The molecule has 0 radical (unpaired) electrons. The van der Waals surface area contributed by atoms with Gasteiger partial charge in [-0.1, -0.05) is 6.07 Å². The van der Waals surface area contributed by atoms with E-state index in [-0.39, 0.29) is 29.9 Å². The molecule has 0 saturated heterocycles. The molecular weight excluding hydrogens is 312 g/mol. The third-order valence-electron chi connectivity index (χ3n) is 3.83. The van der Waals surface area contributed by atoms with Crippen molar-refractivity contribution in [1.29, 1.82) is 0 Å². The molecule has 0 spiro atoms. The van der Waals surface area contributed by atoms with E-state index in [1.807, 2.05) is 4.90 Å². The minimum Gasteiger partial charge on any atom is -0.387 e. The molecule has 1 aromatic rings. The molecule has 2 atom stereocenters. The van der Waals surface area contributed by atoms with Crippen LogP contribution in [-0.2, 0) is 9.84 Å². The number of hydrogen-bond donors (Lipinski definition) is 1. The summed E-state index contributed by atoms with van der Waals surface area (Å²) in [6.07, 6.45) is 1.92. The molecule has 0 amide bonds. The van der Waals surface area contributed by atoms with Gasteiger partial charge in [0.1, 0.15) is 21.5 Å². The van der Waals surface area contributed by atoms with Gasteiger partial charge < -0.3 is 5.11 Å². The highest BCUT2D eigenvalue weighted by molar-refractivity contribution is 7.90. The van der Waals surface area contributed by atoms with E-state index in [4.69, 9.17) is 0 Å². The Morgan fingerprint density at radius 3 is 2.50 bits per heavy atom. The summed E-state index contributed by atoms with van der Waals surface area (Å²) in [7, 11) is -3.14. The molecule has 1 aliphatic rings. The summed E-state index contributed by atoms with van der Waals surface area (Å²) in [5.74, 6) is -1.50. The Morgan fingerprint density at radius 2 is 2.00 bits per heavy atom.